The summed E-state index contributed by atoms with van der Waals surface area (Å²) in [6.45, 7) is 3.23. The lowest BCUT2D eigenvalue weighted by Gasteiger charge is -2.27. The van der Waals surface area contributed by atoms with E-state index < -0.39 is 17.7 Å². The van der Waals surface area contributed by atoms with Gasteiger partial charge in [0, 0.05) is 19.2 Å². The number of nitrogens with zero attached hydrogens (tertiary/aromatic N) is 2. The first kappa shape index (κ1) is 24.1. The van der Waals surface area contributed by atoms with Crippen LogP contribution in [0.5, 0.6) is 17.2 Å². The Morgan fingerprint density at radius 2 is 1.82 bits per heavy atom. The molecule has 2 aromatic carbocycles. The Balaban J connectivity index is 2.19. The highest BCUT2D eigenvalue weighted by Gasteiger charge is 2.46. The first-order valence-corrected chi connectivity index (χ1v) is 10.7. The van der Waals surface area contributed by atoms with Crippen molar-refractivity contribution in [2.24, 2.45) is 0 Å². The Kier molecular flexibility index (Phi) is 7.60. The van der Waals surface area contributed by atoms with Crippen LogP contribution < -0.4 is 14.2 Å². The monoisotopic (exact) mass is 454 g/mol. The minimum absolute atomic E-state index is 0.0101. The van der Waals surface area contributed by atoms with Crippen LogP contribution in [0.1, 0.15) is 24.1 Å². The molecule has 33 heavy (non-hydrogen) atoms. The third-order valence-corrected chi connectivity index (χ3v) is 5.48. The summed E-state index contributed by atoms with van der Waals surface area (Å²) in [4.78, 5) is 29.6. The average molecular weight is 455 g/mol. The predicted octanol–water partition coefficient (Wildman–Crippen LogP) is 3.09. The van der Waals surface area contributed by atoms with Gasteiger partial charge in [0.1, 0.15) is 23.0 Å². The zero-order chi connectivity index (χ0) is 24.1. The number of likely N-dealkylation sites (N-methyl/N-ethyl adjacent to an activating group) is 1. The zero-order valence-electron chi connectivity index (χ0n) is 19.6. The molecule has 1 atom stereocenters. The maximum atomic E-state index is 13.2. The number of ketones is 1. The van der Waals surface area contributed by atoms with Crippen LogP contribution in [0.2, 0.25) is 0 Å². The van der Waals surface area contributed by atoms with Crippen LogP contribution in [0, 0.1) is 0 Å². The van der Waals surface area contributed by atoms with Gasteiger partial charge < -0.3 is 29.1 Å². The quantitative estimate of drug-likeness (QED) is 0.354. The lowest BCUT2D eigenvalue weighted by Crippen LogP contribution is -2.35. The molecule has 0 saturated carbocycles. The number of benzene rings is 2. The van der Waals surface area contributed by atoms with Gasteiger partial charge in [-0.25, -0.2) is 0 Å². The van der Waals surface area contributed by atoms with E-state index in [1.807, 2.05) is 38.1 Å². The second-order valence-electron chi connectivity index (χ2n) is 7.87. The van der Waals surface area contributed by atoms with Crippen molar-refractivity contribution in [3.63, 3.8) is 0 Å². The van der Waals surface area contributed by atoms with Gasteiger partial charge >= 0.3 is 0 Å². The van der Waals surface area contributed by atoms with Crippen molar-refractivity contribution in [2.45, 2.75) is 13.0 Å². The Morgan fingerprint density at radius 1 is 1.06 bits per heavy atom. The first-order chi connectivity index (χ1) is 15.8. The molecule has 1 unspecified atom stereocenters. The van der Waals surface area contributed by atoms with Gasteiger partial charge in [0.2, 0.25) is 0 Å². The van der Waals surface area contributed by atoms with E-state index in [0.29, 0.717) is 48.1 Å². The number of rotatable bonds is 9. The molecule has 0 aromatic heterocycles. The third kappa shape index (κ3) is 4.96. The van der Waals surface area contributed by atoms with Crippen molar-refractivity contribution in [2.75, 3.05) is 48.0 Å². The summed E-state index contributed by atoms with van der Waals surface area (Å²) in [5, 5.41) is 11.3. The van der Waals surface area contributed by atoms with Gasteiger partial charge in [-0.2, -0.15) is 0 Å². The number of amides is 1. The number of hydrogen-bond donors (Lipinski definition) is 1. The summed E-state index contributed by atoms with van der Waals surface area (Å²) in [7, 11) is 6.77. The van der Waals surface area contributed by atoms with Gasteiger partial charge in [-0.15, -0.1) is 0 Å². The molecule has 0 radical (unpaired) electrons. The predicted molar refractivity (Wildman–Crippen MR) is 125 cm³/mol. The summed E-state index contributed by atoms with van der Waals surface area (Å²) in [5.74, 6) is -0.208. The van der Waals surface area contributed by atoms with Gasteiger partial charge in [-0.05, 0) is 50.8 Å². The van der Waals surface area contributed by atoms with Crippen LogP contribution in [-0.2, 0) is 9.59 Å². The van der Waals surface area contributed by atoms with E-state index in [2.05, 4.69) is 0 Å². The Morgan fingerprint density at radius 3 is 2.45 bits per heavy atom. The number of methoxy groups -OCH3 is 2. The lowest BCUT2D eigenvalue weighted by atomic mass is 9.94. The maximum absolute atomic E-state index is 13.2. The van der Waals surface area contributed by atoms with Crippen LogP contribution in [0.3, 0.4) is 0 Å². The number of hydrogen-bond acceptors (Lipinski definition) is 7. The number of ether oxygens (including phenoxy) is 3. The molecule has 0 aliphatic carbocycles. The molecular weight excluding hydrogens is 424 g/mol. The summed E-state index contributed by atoms with van der Waals surface area (Å²) in [6, 6.07) is 11.3. The van der Waals surface area contributed by atoms with Gasteiger partial charge in [0.25, 0.3) is 11.7 Å². The molecule has 0 bridgehead atoms. The zero-order valence-corrected chi connectivity index (χ0v) is 19.6. The Hall–Kier alpha value is -3.52. The molecule has 176 valence electrons. The van der Waals surface area contributed by atoms with Crippen LogP contribution in [0.25, 0.3) is 5.76 Å². The van der Waals surface area contributed by atoms with E-state index in [1.165, 1.54) is 19.1 Å². The average Bonchev–Trinajstić information content (AvgIpc) is 3.07. The summed E-state index contributed by atoms with van der Waals surface area (Å²) >= 11 is 0. The molecule has 1 amide bonds. The van der Waals surface area contributed by atoms with Crippen LogP contribution in [0.15, 0.2) is 48.0 Å². The summed E-state index contributed by atoms with van der Waals surface area (Å²) in [6.07, 6.45) is 0. The minimum Gasteiger partial charge on any atom is -0.507 e. The fourth-order valence-electron chi connectivity index (χ4n) is 3.85. The van der Waals surface area contributed by atoms with Gasteiger partial charge in [-0.1, -0.05) is 12.1 Å². The molecular formula is C25H30N2O6. The molecule has 0 spiro atoms. The standard InChI is InChI=1S/C25H30N2O6/c1-6-33-18-9-7-8-16(14-18)22-21(24(29)25(30)27(22)13-12-26(2)3)23(28)19-11-10-17(31-4)15-20(19)32-5/h7-11,14-15,22,28H,6,12-13H2,1-5H3/b23-21-. The number of carbonyl (C=O) groups excluding carboxylic acids is 2. The summed E-state index contributed by atoms with van der Waals surface area (Å²) < 4.78 is 16.3. The highest BCUT2D eigenvalue weighted by molar-refractivity contribution is 6.46. The first-order valence-electron chi connectivity index (χ1n) is 10.7. The Bertz CT molecular complexity index is 1060. The van der Waals surface area contributed by atoms with E-state index in [1.54, 1.807) is 30.3 Å². The lowest BCUT2D eigenvalue weighted by molar-refractivity contribution is -0.140. The SMILES string of the molecule is CCOc1cccc(C2/C(=C(/O)c3ccc(OC)cc3OC)C(=O)C(=O)N2CCN(C)C)c1. The van der Waals surface area contributed by atoms with Crippen molar-refractivity contribution in [3.8, 4) is 17.2 Å². The number of aliphatic hydroxyl groups is 1. The second kappa shape index (κ2) is 10.4. The van der Waals surface area contributed by atoms with E-state index in [9.17, 15) is 14.7 Å². The molecule has 1 fully saturated rings. The van der Waals surface area contributed by atoms with Gasteiger partial charge in [-0.3, -0.25) is 9.59 Å². The molecule has 3 rings (SSSR count). The van der Waals surface area contributed by atoms with Gasteiger partial charge in [0.05, 0.1) is 38.0 Å². The smallest absolute Gasteiger partial charge is 0.295 e. The van der Waals surface area contributed by atoms with E-state index in [0.717, 1.165) is 0 Å². The normalized spacial score (nSPS) is 17.5. The molecule has 8 heteroatoms. The van der Waals surface area contributed by atoms with Crippen LogP contribution in [0.4, 0.5) is 0 Å². The number of likely N-dealkylation sites (tertiary alicyclic amines) is 1. The number of carbonyl (C=O) groups is 2. The van der Waals surface area contributed by atoms with Crippen LogP contribution >= 0.6 is 0 Å². The molecule has 8 nitrogen and oxygen atoms in total. The molecule has 2 aromatic rings. The largest absolute Gasteiger partial charge is 0.507 e. The van der Waals surface area contributed by atoms with Crippen molar-refractivity contribution >= 4 is 17.4 Å². The highest BCUT2D eigenvalue weighted by Crippen LogP contribution is 2.42. The van der Waals surface area contributed by atoms with Crippen molar-refractivity contribution in [3.05, 3.63) is 59.2 Å². The molecule has 1 heterocycles. The van der Waals surface area contributed by atoms with Crippen molar-refractivity contribution < 1.29 is 28.9 Å². The molecule has 1 aliphatic rings. The van der Waals surface area contributed by atoms with E-state index in [4.69, 9.17) is 14.2 Å². The number of Topliss-reactive ketones (excluding diaryl/α,β-unsaturated/α-hetero) is 1. The fraction of sp³-hybridized carbons (Fsp3) is 0.360. The minimum atomic E-state index is -0.767. The van der Waals surface area contributed by atoms with Crippen LogP contribution in [-0.4, -0.2) is 74.6 Å². The third-order valence-electron chi connectivity index (χ3n) is 5.48. The molecule has 1 N–H and O–H groups in total. The summed E-state index contributed by atoms with van der Waals surface area (Å²) in [5.41, 5.74) is 0.985. The van der Waals surface area contributed by atoms with Crippen molar-refractivity contribution in [1.29, 1.82) is 0 Å². The van der Waals surface area contributed by atoms with E-state index in [-0.39, 0.29) is 11.3 Å². The van der Waals surface area contributed by atoms with E-state index >= 15 is 0 Å². The highest BCUT2D eigenvalue weighted by atomic mass is 16.5. The Labute approximate surface area is 194 Å². The fourth-order valence-corrected chi connectivity index (χ4v) is 3.85. The second-order valence-corrected chi connectivity index (χ2v) is 7.87. The molecule has 1 saturated heterocycles. The van der Waals surface area contributed by atoms with Crippen molar-refractivity contribution in [1.82, 2.24) is 9.80 Å². The number of aliphatic hydroxyl groups excluding tert-OH is 1. The van der Waals surface area contributed by atoms with Gasteiger partial charge in [0.15, 0.2) is 0 Å². The maximum Gasteiger partial charge on any atom is 0.295 e. The topological polar surface area (TPSA) is 88.5 Å². The molecule has 1 aliphatic heterocycles.